The van der Waals surface area contributed by atoms with Crippen molar-refractivity contribution in [2.45, 2.75) is 37.6 Å². The Bertz CT molecular complexity index is 1420. The summed E-state index contributed by atoms with van der Waals surface area (Å²) in [6.45, 7) is 1.25. The number of amides is 2. The van der Waals surface area contributed by atoms with Gasteiger partial charge in [0.2, 0.25) is 11.8 Å². The first kappa shape index (κ1) is 26.9. The highest BCUT2D eigenvalue weighted by atomic mass is 35.5. The van der Waals surface area contributed by atoms with Gasteiger partial charge in [0.1, 0.15) is 12.1 Å². The maximum atomic E-state index is 12.4. The SMILES string of the molecule is NC(=O)CCC(=O)N1CCC(Nc2ncnc3ccc(C(c4ccc(Cl)cc4)c4ccc(Cl)cc4)cc23)CC1. The number of nitrogens with two attached hydrogens (primary N) is 1. The van der Waals surface area contributed by atoms with Gasteiger partial charge in [0, 0.05) is 53.3 Å². The molecule has 7 nitrogen and oxygen atoms in total. The van der Waals surface area contributed by atoms with Gasteiger partial charge in [-0.2, -0.15) is 0 Å². The van der Waals surface area contributed by atoms with Gasteiger partial charge in [-0.15, -0.1) is 0 Å². The summed E-state index contributed by atoms with van der Waals surface area (Å²) in [4.78, 5) is 34.3. The van der Waals surface area contributed by atoms with Crippen LogP contribution in [0.25, 0.3) is 10.9 Å². The summed E-state index contributed by atoms with van der Waals surface area (Å²) in [5, 5.41) is 5.90. The van der Waals surface area contributed by atoms with Gasteiger partial charge in [0.15, 0.2) is 0 Å². The normalized spacial score (nSPS) is 14.1. The summed E-state index contributed by atoms with van der Waals surface area (Å²) in [6, 6.07) is 22.2. The maximum absolute atomic E-state index is 12.4. The minimum Gasteiger partial charge on any atom is -0.370 e. The highest BCUT2D eigenvalue weighted by Gasteiger charge is 2.24. The number of aromatic nitrogens is 2. The zero-order valence-electron chi connectivity index (χ0n) is 21.3. The summed E-state index contributed by atoms with van der Waals surface area (Å²) >= 11 is 12.4. The highest BCUT2D eigenvalue weighted by Crippen LogP contribution is 2.35. The average molecular weight is 563 g/mol. The number of likely N-dealkylation sites (tertiary alicyclic amines) is 1. The number of primary amides is 1. The van der Waals surface area contributed by atoms with Crippen LogP contribution in [0.3, 0.4) is 0 Å². The van der Waals surface area contributed by atoms with E-state index in [4.69, 9.17) is 28.9 Å². The minimum atomic E-state index is -0.454. The van der Waals surface area contributed by atoms with Crippen molar-refractivity contribution in [2.24, 2.45) is 5.73 Å². The molecular formula is C30H29Cl2N5O2. The lowest BCUT2D eigenvalue weighted by Gasteiger charge is -2.33. The van der Waals surface area contributed by atoms with Crippen molar-refractivity contribution in [2.75, 3.05) is 18.4 Å². The van der Waals surface area contributed by atoms with Crippen LogP contribution in [0.15, 0.2) is 73.1 Å². The number of nitrogens with zero attached hydrogens (tertiary/aromatic N) is 3. The Labute approximate surface area is 237 Å². The number of fused-ring (bicyclic) bond motifs is 1. The number of carbonyl (C=O) groups excluding carboxylic acids is 2. The van der Waals surface area contributed by atoms with E-state index in [-0.39, 0.29) is 30.7 Å². The molecule has 0 bridgehead atoms. The molecular weight excluding hydrogens is 533 g/mol. The number of benzene rings is 3. The van der Waals surface area contributed by atoms with Crippen molar-refractivity contribution in [3.63, 3.8) is 0 Å². The van der Waals surface area contributed by atoms with Crippen molar-refractivity contribution in [3.05, 3.63) is 99.8 Å². The Morgan fingerprint density at radius 2 is 1.46 bits per heavy atom. The number of piperidine rings is 1. The van der Waals surface area contributed by atoms with Crippen molar-refractivity contribution < 1.29 is 9.59 Å². The number of nitrogens with one attached hydrogen (secondary N) is 1. The van der Waals surface area contributed by atoms with Gasteiger partial charge in [-0.25, -0.2) is 9.97 Å². The molecule has 2 heterocycles. The van der Waals surface area contributed by atoms with Gasteiger partial charge in [0.25, 0.3) is 0 Å². The van der Waals surface area contributed by atoms with Crippen molar-refractivity contribution >= 4 is 51.7 Å². The predicted octanol–water partition coefficient (Wildman–Crippen LogP) is 5.79. The van der Waals surface area contributed by atoms with E-state index in [9.17, 15) is 9.59 Å². The van der Waals surface area contributed by atoms with Crippen molar-refractivity contribution in [1.82, 2.24) is 14.9 Å². The summed E-state index contributed by atoms with van der Waals surface area (Å²) in [7, 11) is 0. The Balaban J connectivity index is 1.40. The standard InChI is InChI=1S/C30H29Cl2N5O2/c31-22-6-1-19(2-7-22)29(20-3-8-23(32)9-4-20)21-5-10-26-25(17-21)30(35-18-34-26)36-24-13-15-37(16-14-24)28(39)12-11-27(33)38/h1-10,17-18,24,29H,11-16H2,(H2,33,38)(H,34,35,36). The summed E-state index contributed by atoms with van der Waals surface area (Å²) in [6.07, 6.45) is 3.38. The monoisotopic (exact) mass is 561 g/mol. The van der Waals surface area contributed by atoms with Crippen LogP contribution in [0.1, 0.15) is 48.3 Å². The first-order valence-electron chi connectivity index (χ1n) is 13.0. The van der Waals surface area contributed by atoms with Crippen LogP contribution in [-0.2, 0) is 9.59 Å². The zero-order valence-corrected chi connectivity index (χ0v) is 22.8. The lowest BCUT2D eigenvalue weighted by Crippen LogP contribution is -2.42. The molecule has 0 saturated carbocycles. The van der Waals surface area contributed by atoms with E-state index < -0.39 is 5.91 Å². The number of hydrogen-bond acceptors (Lipinski definition) is 5. The third-order valence-electron chi connectivity index (χ3n) is 7.17. The van der Waals surface area contributed by atoms with E-state index >= 15 is 0 Å². The first-order valence-corrected chi connectivity index (χ1v) is 13.7. The number of anilines is 1. The highest BCUT2D eigenvalue weighted by molar-refractivity contribution is 6.30. The molecule has 0 spiro atoms. The quantitative estimate of drug-likeness (QED) is 0.265. The van der Waals surface area contributed by atoms with E-state index in [1.165, 1.54) is 0 Å². The molecule has 1 aliphatic heterocycles. The topological polar surface area (TPSA) is 101 Å². The molecule has 0 radical (unpaired) electrons. The molecule has 0 aliphatic carbocycles. The largest absolute Gasteiger partial charge is 0.370 e. The smallest absolute Gasteiger partial charge is 0.223 e. The molecule has 9 heteroatoms. The van der Waals surface area contributed by atoms with Gasteiger partial charge in [0.05, 0.1) is 5.52 Å². The van der Waals surface area contributed by atoms with E-state index in [2.05, 4.69) is 27.4 Å². The number of rotatable bonds is 8. The Morgan fingerprint density at radius 1 is 0.872 bits per heavy atom. The second kappa shape index (κ2) is 12.0. The fourth-order valence-corrected chi connectivity index (χ4v) is 5.36. The predicted molar refractivity (Wildman–Crippen MR) is 155 cm³/mol. The molecule has 1 aromatic heterocycles. The molecule has 5 rings (SSSR count). The van der Waals surface area contributed by atoms with Crippen molar-refractivity contribution in [3.8, 4) is 0 Å². The molecule has 4 aromatic rings. The zero-order chi connectivity index (χ0) is 27.4. The molecule has 0 atom stereocenters. The molecule has 3 aromatic carbocycles. The van der Waals surface area contributed by atoms with Gasteiger partial charge < -0.3 is 16.0 Å². The van der Waals surface area contributed by atoms with Crippen LogP contribution in [0.5, 0.6) is 0 Å². The Kier molecular flexibility index (Phi) is 8.29. The number of halogens is 2. The fourth-order valence-electron chi connectivity index (χ4n) is 5.11. The van der Waals surface area contributed by atoms with Crippen LogP contribution >= 0.6 is 23.2 Å². The minimum absolute atomic E-state index is 0.0279. The van der Waals surface area contributed by atoms with Crippen molar-refractivity contribution in [1.29, 1.82) is 0 Å². The van der Waals surface area contributed by atoms with Gasteiger partial charge in [-0.05, 0) is 65.9 Å². The second-order valence-corrected chi connectivity index (χ2v) is 10.7. The van der Waals surface area contributed by atoms with Crippen LogP contribution in [0, 0.1) is 0 Å². The lowest BCUT2D eigenvalue weighted by atomic mass is 9.84. The Morgan fingerprint density at radius 3 is 2.05 bits per heavy atom. The number of hydrogen-bond donors (Lipinski definition) is 2. The third-order valence-corrected chi connectivity index (χ3v) is 7.68. The lowest BCUT2D eigenvalue weighted by molar-refractivity contribution is -0.134. The molecule has 0 unspecified atom stereocenters. The summed E-state index contributed by atoms with van der Waals surface area (Å²) in [5.41, 5.74) is 9.36. The molecule has 2 amide bonds. The molecule has 1 aliphatic rings. The fraction of sp³-hybridized carbons (Fsp3) is 0.267. The van der Waals surface area contributed by atoms with Gasteiger partial charge >= 0.3 is 0 Å². The molecule has 1 saturated heterocycles. The Hall–Kier alpha value is -3.68. The molecule has 39 heavy (non-hydrogen) atoms. The van der Waals surface area contributed by atoms with Gasteiger partial charge in [-0.3, -0.25) is 9.59 Å². The van der Waals surface area contributed by atoms with E-state index in [0.29, 0.717) is 23.1 Å². The van der Waals surface area contributed by atoms with Crippen LogP contribution in [-0.4, -0.2) is 45.8 Å². The van der Waals surface area contributed by atoms with Gasteiger partial charge in [-0.1, -0.05) is 53.5 Å². The van der Waals surface area contributed by atoms with E-state index in [1.54, 1.807) is 11.2 Å². The van der Waals surface area contributed by atoms with Crippen LogP contribution in [0.4, 0.5) is 5.82 Å². The molecule has 3 N–H and O–H groups in total. The maximum Gasteiger partial charge on any atom is 0.223 e. The average Bonchev–Trinajstić information content (AvgIpc) is 2.94. The van der Waals surface area contributed by atoms with E-state index in [1.807, 2.05) is 54.6 Å². The summed E-state index contributed by atoms with van der Waals surface area (Å²) in [5.74, 6) is 0.252. The first-order chi connectivity index (χ1) is 18.9. The number of carbonyl (C=O) groups is 2. The molecule has 200 valence electrons. The third kappa shape index (κ3) is 6.49. The van der Waals surface area contributed by atoms with Crippen LogP contribution < -0.4 is 11.1 Å². The summed E-state index contributed by atoms with van der Waals surface area (Å²) < 4.78 is 0. The second-order valence-electron chi connectivity index (χ2n) is 9.80. The van der Waals surface area contributed by atoms with Crippen LogP contribution in [0.2, 0.25) is 10.0 Å². The van der Waals surface area contributed by atoms with E-state index in [0.717, 1.165) is 46.3 Å². The molecule has 1 fully saturated rings.